The minimum atomic E-state index is -0.193. The Morgan fingerprint density at radius 3 is 2.83 bits per heavy atom. The van der Waals surface area contributed by atoms with Crippen LogP contribution in [0.2, 0.25) is 5.02 Å². The van der Waals surface area contributed by atoms with Crippen LogP contribution in [-0.2, 0) is 5.54 Å². The van der Waals surface area contributed by atoms with Gasteiger partial charge < -0.3 is 10.6 Å². The zero-order chi connectivity index (χ0) is 13.0. The number of hydrogen-bond donors (Lipinski definition) is 2. The van der Waals surface area contributed by atoms with Gasteiger partial charge in [-0.3, -0.25) is 0 Å². The lowest BCUT2D eigenvalue weighted by atomic mass is 10.1. The van der Waals surface area contributed by atoms with Gasteiger partial charge in [0.15, 0.2) is 0 Å². The van der Waals surface area contributed by atoms with E-state index in [0.29, 0.717) is 5.02 Å². The van der Waals surface area contributed by atoms with Crippen LogP contribution >= 0.6 is 11.6 Å². The van der Waals surface area contributed by atoms with Crippen LogP contribution in [0, 0.1) is 0 Å². The van der Waals surface area contributed by atoms with Crippen LogP contribution in [0.1, 0.15) is 38.2 Å². The molecule has 1 aliphatic rings. The Kier molecular flexibility index (Phi) is 4.12. The average molecular weight is 267 g/mol. The summed E-state index contributed by atoms with van der Waals surface area (Å²) in [7, 11) is 0. The second-order valence-corrected chi connectivity index (χ2v) is 5.26. The highest BCUT2D eigenvalue weighted by Gasteiger charge is 2.45. The number of amides is 2. The fourth-order valence-electron chi connectivity index (χ4n) is 2.04. The highest BCUT2D eigenvalue weighted by molar-refractivity contribution is 6.30. The molecule has 0 radical (unpaired) electrons. The summed E-state index contributed by atoms with van der Waals surface area (Å²) in [6, 6.07) is 7.64. The molecule has 1 aliphatic carbocycles. The van der Waals surface area contributed by atoms with Crippen LogP contribution in [0.5, 0.6) is 0 Å². The highest BCUT2D eigenvalue weighted by Crippen LogP contribution is 2.45. The summed E-state index contributed by atoms with van der Waals surface area (Å²) in [6.07, 6.45) is 4.06. The predicted molar refractivity (Wildman–Crippen MR) is 73.8 cm³/mol. The van der Waals surface area contributed by atoms with Crippen LogP contribution in [-0.4, -0.2) is 12.6 Å². The minimum Gasteiger partial charge on any atom is -0.338 e. The van der Waals surface area contributed by atoms with Crippen molar-refractivity contribution < 1.29 is 4.79 Å². The number of nitrogens with one attached hydrogen (secondary N) is 2. The number of unbranched alkanes of at least 4 members (excludes halogenated alkanes) is 1. The van der Waals surface area contributed by atoms with Crippen molar-refractivity contribution in [3.63, 3.8) is 0 Å². The number of urea groups is 1. The van der Waals surface area contributed by atoms with Crippen molar-refractivity contribution in [1.82, 2.24) is 10.6 Å². The molecule has 2 N–H and O–H groups in total. The summed E-state index contributed by atoms with van der Waals surface area (Å²) in [5.41, 5.74) is 0.905. The maximum absolute atomic E-state index is 11.8. The molecule has 4 heteroatoms. The summed E-state index contributed by atoms with van der Waals surface area (Å²) in [5, 5.41) is 6.66. The molecule has 18 heavy (non-hydrogen) atoms. The van der Waals surface area contributed by atoms with Gasteiger partial charge in [0, 0.05) is 11.6 Å². The van der Waals surface area contributed by atoms with Crippen molar-refractivity contribution in [1.29, 1.82) is 0 Å². The molecule has 0 saturated heterocycles. The van der Waals surface area contributed by atoms with Gasteiger partial charge in [0.05, 0.1) is 5.54 Å². The summed E-state index contributed by atoms with van der Waals surface area (Å²) in [6.45, 7) is 2.84. The standard InChI is InChI=1S/C14H19ClN2O/c1-2-3-9-16-13(18)17-14(7-8-14)11-5-4-6-12(15)10-11/h4-6,10H,2-3,7-9H2,1H3,(H2,16,17,18). The zero-order valence-electron chi connectivity index (χ0n) is 10.6. The third-order valence-electron chi connectivity index (χ3n) is 3.30. The second kappa shape index (κ2) is 5.61. The topological polar surface area (TPSA) is 41.1 Å². The lowest BCUT2D eigenvalue weighted by Gasteiger charge is -2.18. The maximum Gasteiger partial charge on any atom is 0.315 e. The Morgan fingerprint density at radius 2 is 2.22 bits per heavy atom. The number of benzene rings is 1. The fraction of sp³-hybridized carbons (Fsp3) is 0.500. The number of carbonyl (C=O) groups excluding carboxylic acids is 1. The van der Waals surface area contributed by atoms with Crippen LogP contribution in [0.25, 0.3) is 0 Å². The van der Waals surface area contributed by atoms with E-state index in [-0.39, 0.29) is 11.6 Å². The quantitative estimate of drug-likeness (QED) is 0.788. The number of hydrogen-bond acceptors (Lipinski definition) is 1. The predicted octanol–water partition coefficient (Wildman–Crippen LogP) is 3.43. The summed E-state index contributed by atoms with van der Waals surface area (Å²) >= 11 is 5.99. The normalized spacial score (nSPS) is 16.1. The van der Waals surface area contributed by atoms with Crippen molar-refractivity contribution in [3.05, 3.63) is 34.9 Å². The average Bonchev–Trinajstić information content (AvgIpc) is 3.10. The van der Waals surface area contributed by atoms with Crippen LogP contribution in [0.3, 0.4) is 0 Å². The molecule has 0 bridgehead atoms. The van der Waals surface area contributed by atoms with E-state index >= 15 is 0 Å². The van der Waals surface area contributed by atoms with Gasteiger partial charge in [0.1, 0.15) is 0 Å². The Labute approximate surface area is 113 Å². The van der Waals surface area contributed by atoms with Crippen LogP contribution < -0.4 is 10.6 Å². The molecule has 1 saturated carbocycles. The molecule has 1 fully saturated rings. The first kappa shape index (κ1) is 13.2. The zero-order valence-corrected chi connectivity index (χ0v) is 11.4. The van der Waals surface area contributed by atoms with Crippen molar-refractivity contribution in [2.75, 3.05) is 6.54 Å². The molecule has 98 valence electrons. The second-order valence-electron chi connectivity index (χ2n) is 4.83. The molecule has 1 aromatic carbocycles. The molecular formula is C14H19ClN2O. The van der Waals surface area contributed by atoms with Gasteiger partial charge >= 0.3 is 6.03 Å². The number of rotatable bonds is 5. The summed E-state index contributed by atoms with van der Waals surface area (Å²) in [5.74, 6) is 0. The molecule has 0 aromatic heterocycles. The molecule has 0 heterocycles. The van der Waals surface area contributed by atoms with E-state index < -0.39 is 0 Å². The third-order valence-corrected chi connectivity index (χ3v) is 3.53. The third kappa shape index (κ3) is 3.16. The largest absolute Gasteiger partial charge is 0.338 e. The fourth-order valence-corrected chi connectivity index (χ4v) is 2.23. The molecule has 0 atom stereocenters. The smallest absolute Gasteiger partial charge is 0.315 e. The molecular weight excluding hydrogens is 248 g/mol. The Balaban J connectivity index is 1.94. The van der Waals surface area contributed by atoms with E-state index in [1.807, 2.05) is 24.3 Å². The molecule has 2 rings (SSSR count). The van der Waals surface area contributed by atoms with Gasteiger partial charge in [0.25, 0.3) is 0 Å². The van der Waals surface area contributed by atoms with E-state index in [9.17, 15) is 4.79 Å². The molecule has 2 amide bonds. The first-order valence-corrected chi connectivity index (χ1v) is 6.86. The van der Waals surface area contributed by atoms with Gasteiger partial charge in [-0.25, -0.2) is 4.79 Å². The number of halogens is 1. The summed E-state index contributed by atoms with van der Waals surface area (Å²) in [4.78, 5) is 11.8. The van der Waals surface area contributed by atoms with E-state index in [1.165, 1.54) is 0 Å². The Hall–Kier alpha value is -1.22. The monoisotopic (exact) mass is 266 g/mol. The van der Waals surface area contributed by atoms with Gasteiger partial charge in [0.2, 0.25) is 0 Å². The maximum atomic E-state index is 11.8. The van der Waals surface area contributed by atoms with E-state index in [4.69, 9.17) is 11.6 Å². The van der Waals surface area contributed by atoms with Crippen LogP contribution in [0.15, 0.2) is 24.3 Å². The Bertz CT molecular complexity index is 430. The van der Waals surface area contributed by atoms with Gasteiger partial charge in [-0.1, -0.05) is 37.1 Å². The highest BCUT2D eigenvalue weighted by atomic mass is 35.5. The van der Waals surface area contributed by atoms with E-state index in [2.05, 4.69) is 17.6 Å². The molecule has 0 unspecified atom stereocenters. The SMILES string of the molecule is CCCCNC(=O)NC1(c2cccc(Cl)c2)CC1. The number of carbonyl (C=O) groups is 1. The molecule has 0 spiro atoms. The van der Waals surface area contributed by atoms with Gasteiger partial charge in [-0.2, -0.15) is 0 Å². The first-order chi connectivity index (χ1) is 8.66. The molecule has 3 nitrogen and oxygen atoms in total. The van der Waals surface area contributed by atoms with Gasteiger partial charge in [-0.15, -0.1) is 0 Å². The van der Waals surface area contributed by atoms with Crippen molar-refractivity contribution >= 4 is 17.6 Å². The van der Waals surface area contributed by atoms with Crippen LogP contribution in [0.4, 0.5) is 4.79 Å². The Morgan fingerprint density at radius 1 is 1.44 bits per heavy atom. The molecule has 0 aliphatic heterocycles. The van der Waals surface area contributed by atoms with Crippen molar-refractivity contribution in [2.45, 2.75) is 38.1 Å². The minimum absolute atomic E-state index is 0.0825. The van der Waals surface area contributed by atoms with Crippen molar-refractivity contribution in [2.24, 2.45) is 0 Å². The van der Waals surface area contributed by atoms with Gasteiger partial charge in [-0.05, 0) is 37.0 Å². The summed E-state index contributed by atoms with van der Waals surface area (Å²) < 4.78 is 0. The lowest BCUT2D eigenvalue weighted by Crippen LogP contribution is -2.42. The van der Waals surface area contributed by atoms with E-state index in [1.54, 1.807) is 0 Å². The first-order valence-electron chi connectivity index (χ1n) is 6.48. The lowest BCUT2D eigenvalue weighted by molar-refractivity contribution is 0.235. The van der Waals surface area contributed by atoms with Crippen molar-refractivity contribution in [3.8, 4) is 0 Å². The van der Waals surface area contributed by atoms with E-state index in [0.717, 1.165) is 37.8 Å². The molecule has 1 aromatic rings.